The molecule has 0 saturated heterocycles. The number of rotatable bonds is 10. The Bertz CT molecular complexity index is 1360. The first kappa shape index (κ1) is 28.1. The van der Waals surface area contributed by atoms with Crippen LogP contribution in [0, 0.1) is 0 Å². The number of benzene rings is 2. The Morgan fingerprint density at radius 1 is 1.05 bits per heavy atom. The lowest BCUT2D eigenvalue weighted by molar-refractivity contribution is 0.376. The van der Waals surface area contributed by atoms with E-state index in [1.807, 2.05) is 38.1 Å². The van der Waals surface area contributed by atoms with Gasteiger partial charge in [-0.15, -0.1) is 0 Å². The Kier molecular flexibility index (Phi) is 9.71. The molecule has 2 aromatic carbocycles. The summed E-state index contributed by atoms with van der Waals surface area (Å²) in [6, 6.07) is 9.65. The minimum Gasteiger partial charge on any atom is -0.495 e. The third-order valence-corrected chi connectivity index (χ3v) is 8.79. The maximum Gasteiger partial charge on any atom is 0.187 e. The monoisotopic (exact) mass is 719 g/mol. The van der Waals surface area contributed by atoms with Crippen LogP contribution in [-0.2, 0) is 0 Å². The van der Waals surface area contributed by atoms with E-state index in [0.717, 1.165) is 26.3 Å². The number of hydrogen-bond donors (Lipinski definition) is 2. The van der Waals surface area contributed by atoms with Crippen LogP contribution in [0.15, 0.2) is 44.2 Å². The van der Waals surface area contributed by atoms with E-state index in [4.69, 9.17) is 23.8 Å². The fourth-order valence-corrected chi connectivity index (χ4v) is 6.58. The lowest BCUT2D eigenvalue weighted by Gasteiger charge is -2.13. The molecule has 1 atom stereocenters. The number of nitrogens with zero attached hydrogens (tertiary/aromatic N) is 3. The van der Waals surface area contributed by atoms with Crippen LogP contribution in [0.3, 0.4) is 0 Å². The molecule has 0 amide bonds. The summed E-state index contributed by atoms with van der Waals surface area (Å²) in [6.45, 7) is 4.00. The number of anilines is 3. The van der Waals surface area contributed by atoms with Gasteiger partial charge in [-0.2, -0.15) is 5.10 Å². The molecule has 37 heavy (non-hydrogen) atoms. The zero-order chi connectivity index (χ0) is 26.5. The lowest BCUT2D eigenvalue weighted by Crippen LogP contribution is -1.97. The smallest absolute Gasteiger partial charge is 0.187 e. The summed E-state index contributed by atoms with van der Waals surface area (Å²) in [4.78, 5) is 0.789. The SMILES string of the molecule is CC.COc1cc2c(NSc3c(OC)cc(Br)cc3OC)noc2cc1Nc1cc(C2CC2)n(PI)n1. The van der Waals surface area contributed by atoms with E-state index < -0.39 is 0 Å². The number of aromatic nitrogens is 3. The van der Waals surface area contributed by atoms with Crippen LogP contribution in [0.25, 0.3) is 11.0 Å². The summed E-state index contributed by atoms with van der Waals surface area (Å²) in [7, 11) is 4.88. The topological polar surface area (TPSA) is 95.6 Å². The average Bonchev–Trinajstić information content (AvgIpc) is 3.58. The van der Waals surface area contributed by atoms with Gasteiger partial charge in [0, 0.05) is 28.2 Å². The zero-order valence-electron chi connectivity index (χ0n) is 21.0. The van der Waals surface area contributed by atoms with Gasteiger partial charge in [-0.1, -0.05) is 34.9 Å². The molecular formula is C24H28BrIN5O4PS. The molecule has 1 fully saturated rings. The van der Waals surface area contributed by atoms with Crippen molar-refractivity contribution >= 4 is 84.6 Å². The molecule has 4 aromatic rings. The highest BCUT2D eigenvalue weighted by Gasteiger charge is 2.28. The Morgan fingerprint density at radius 2 is 1.73 bits per heavy atom. The quantitative estimate of drug-likeness (QED) is 0.0952. The molecule has 5 rings (SSSR count). The third-order valence-electron chi connectivity index (χ3n) is 5.54. The second kappa shape index (κ2) is 12.8. The normalized spacial score (nSPS) is 12.9. The standard InChI is InChI=1S/C22H22BrIN5O4PS.C2H6/c1-30-17-8-13-16(9-14(17)25-20-10-15(11-4-5-11)29(26-20)34-24)33-27-22(13)28-35-21-18(31-2)6-12(23)7-19(21)32-3;1-2/h6-11,34H,4-5H2,1-3H3,(H,25,26)(H,27,28);1-2H3. The maximum atomic E-state index is 5.68. The van der Waals surface area contributed by atoms with E-state index in [2.05, 4.69) is 63.7 Å². The highest BCUT2D eigenvalue weighted by molar-refractivity contribution is 14.2. The van der Waals surface area contributed by atoms with E-state index in [9.17, 15) is 0 Å². The Hall–Kier alpha value is -1.89. The Labute approximate surface area is 243 Å². The van der Waals surface area contributed by atoms with Crippen molar-refractivity contribution in [3.8, 4) is 17.2 Å². The summed E-state index contributed by atoms with van der Waals surface area (Å²) >= 11 is 7.16. The highest BCUT2D eigenvalue weighted by Crippen LogP contribution is 2.45. The Morgan fingerprint density at radius 3 is 2.32 bits per heavy atom. The molecule has 0 aliphatic heterocycles. The van der Waals surface area contributed by atoms with Gasteiger partial charge in [-0.05, 0) is 65.0 Å². The first-order chi connectivity index (χ1) is 18.0. The van der Waals surface area contributed by atoms with E-state index in [1.165, 1.54) is 30.5 Å². The molecule has 1 aliphatic carbocycles. The summed E-state index contributed by atoms with van der Waals surface area (Å²) in [5, 5.41) is 13.1. The number of hydrogen-bond acceptors (Lipinski definition) is 9. The van der Waals surface area contributed by atoms with Crippen molar-refractivity contribution in [1.29, 1.82) is 0 Å². The van der Waals surface area contributed by atoms with Crippen molar-refractivity contribution in [2.75, 3.05) is 31.4 Å². The first-order valence-corrected chi connectivity index (χ1v) is 17.3. The van der Waals surface area contributed by atoms with Crippen molar-refractivity contribution < 1.29 is 18.7 Å². The molecule has 198 valence electrons. The molecule has 0 radical (unpaired) electrons. The van der Waals surface area contributed by atoms with Gasteiger partial charge in [0.15, 0.2) is 17.2 Å². The van der Waals surface area contributed by atoms with Gasteiger partial charge in [0.2, 0.25) is 0 Å². The minimum absolute atomic E-state index is 0.558. The molecule has 0 spiro atoms. The zero-order valence-corrected chi connectivity index (χ0v) is 26.6. The predicted molar refractivity (Wildman–Crippen MR) is 164 cm³/mol. The van der Waals surface area contributed by atoms with Crippen LogP contribution in [-0.4, -0.2) is 36.0 Å². The maximum absolute atomic E-state index is 5.68. The van der Waals surface area contributed by atoms with Crippen LogP contribution >= 0.6 is 56.3 Å². The van der Waals surface area contributed by atoms with E-state index in [-0.39, 0.29) is 0 Å². The predicted octanol–water partition coefficient (Wildman–Crippen LogP) is 8.37. The fraction of sp³-hybridized carbons (Fsp3) is 0.333. The second-order valence-corrected chi connectivity index (χ2v) is 11.5. The average molecular weight is 720 g/mol. The van der Waals surface area contributed by atoms with Gasteiger partial charge >= 0.3 is 0 Å². The number of halogens is 2. The molecule has 2 heterocycles. The van der Waals surface area contributed by atoms with Gasteiger partial charge < -0.3 is 28.8 Å². The first-order valence-electron chi connectivity index (χ1n) is 11.6. The van der Waals surface area contributed by atoms with Crippen LogP contribution in [0.5, 0.6) is 17.2 Å². The molecular weight excluding hydrogens is 692 g/mol. The van der Waals surface area contributed by atoms with Gasteiger partial charge in [0.25, 0.3) is 0 Å². The summed E-state index contributed by atoms with van der Waals surface area (Å²) in [6.07, 6.45) is 3.01. The number of fused-ring (bicyclic) bond motifs is 1. The molecule has 1 saturated carbocycles. The number of nitrogens with one attached hydrogen (secondary N) is 2. The fourth-order valence-electron chi connectivity index (χ4n) is 3.68. The van der Waals surface area contributed by atoms with Gasteiger partial charge in [-0.3, -0.25) is 0 Å². The molecule has 13 heteroatoms. The molecule has 9 nitrogen and oxygen atoms in total. The number of methoxy groups -OCH3 is 3. The molecule has 1 aliphatic rings. The summed E-state index contributed by atoms with van der Waals surface area (Å²) < 4.78 is 28.5. The number of ether oxygens (including phenoxy) is 3. The van der Waals surface area contributed by atoms with Gasteiger partial charge in [0.05, 0.1) is 38.8 Å². The van der Waals surface area contributed by atoms with Gasteiger partial charge in [-0.25, -0.2) is 4.45 Å². The lowest BCUT2D eigenvalue weighted by atomic mass is 10.2. The minimum atomic E-state index is 0.558. The second-order valence-electron chi connectivity index (χ2n) is 7.77. The largest absolute Gasteiger partial charge is 0.495 e. The summed E-state index contributed by atoms with van der Waals surface area (Å²) in [5.74, 6) is 3.97. The Balaban J connectivity index is 0.00000156. The van der Waals surface area contributed by atoms with E-state index in [1.54, 1.807) is 21.3 Å². The van der Waals surface area contributed by atoms with Gasteiger partial charge in [0.1, 0.15) is 22.1 Å². The van der Waals surface area contributed by atoms with Crippen LogP contribution < -0.4 is 24.2 Å². The summed E-state index contributed by atoms with van der Waals surface area (Å²) in [5.41, 5.74) is 2.65. The van der Waals surface area contributed by atoms with E-state index >= 15 is 0 Å². The van der Waals surface area contributed by atoms with Crippen molar-refractivity contribution in [2.45, 2.75) is 37.5 Å². The van der Waals surface area contributed by atoms with Crippen LogP contribution in [0.1, 0.15) is 38.3 Å². The van der Waals surface area contributed by atoms with Crippen molar-refractivity contribution in [1.82, 2.24) is 14.7 Å². The molecule has 1 unspecified atom stereocenters. The van der Waals surface area contributed by atoms with E-state index in [0.29, 0.717) is 40.9 Å². The van der Waals surface area contributed by atoms with Crippen molar-refractivity contribution in [2.24, 2.45) is 0 Å². The van der Waals surface area contributed by atoms with Crippen LogP contribution in [0.2, 0.25) is 0 Å². The third kappa shape index (κ3) is 6.23. The van der Waals surface area contributed by atoms with Crippen LogP contribution in [0.4, 0.5) is 17.3 Å². The van der Waals surface area contributed by atoms with Crippen molar-refractivity contribution in [3.63, 3.8) is 0 Å². The molecule has 2 N–H and O–H groups in total. The molecule has 2 aromatic heterocycles. The molecule has 0 bridgehead atoms. The highest BCUT2D eigenvalue weighted by atomic mass is 127. The van der Waals surface area contributed by atoms with Crippen molar-refractivity contribution in [3.05, 3.63) is 40.5 Å².